The molecule has 7 nitrogen and oxygen atoms in total. The lowest BCUT2D eigenvalue weighted by molar-refractivity contribution is -0.140. The molecule has 162 valence electrons. The van der Waals surface area contributed by atoms with Crippen LogP contribution in [-0.4, -0.2) is 44.9 Å². The first-order valence-electron chi connectivity index (χ1n) is 9.76. The van der Waals surface area contributed by atoms with Crippen LogP contribution in [0.1, 0.15) is 23.2 Å². The molecule has 0 atom stereocenters. The maximum Gasteiger partial charge on any atom is 0.341 e. The summed E-state index contributed by atoms with van der Waals surface area (Å²) in [6, 6.07) is 14.0. The van der Waals surface area contributed by atoms with E-state index in [1.807, 2.05) is 24.3 Å². The summed E-state index contributed by atoms with van der Waals surface area (Å²) in [5, 5.41) is 3.38. The molecule has 2 aromatic carbocycles. The van der Waals surface area contributed by atoms with Crippen molar-refractivity contribution in [2.75, 3.05) is 20.2 Å². The van der Waals surface area contributed by atoms with Gasteiger partial charge in [0.25, 0.3) is 10.0 Å². The van der Waals surface area contributed by atoms with E-state index in [4.69, 9.17) is 9.47 Å². The van der Waals surface area contributed by atoms with Crippen LogP contribution in [0, 0.1) is 5.92 Å². The number of rotatable bonds is 5. The van der Waals surface area contributed by atoms with Crippen LogP contribution >= 0.6 is 11.3 Å². The molecule has 4 rings (SSSR count). The number of thiophene rings is 1. The van der Waals surface area contributed by atoms with Gasteiger partial charge in [0.05, 0.1) is 13.0 Å². The average molecular weight is 460 g/mol. The molecule has 1 aliphatic rings. The van der Waals surface area contributed by atoms with Crippen LogP contribution in [0.5, 0.6) is 5.75 Å². The van der Waals surface area contributed by atoms with Gasteiger partial charge in [-0.15, -0.1) is 11.3 Å². The number of hydrogen-bond acceptors (Lipinski definition) is 7. The fourth-order valence-corrected chi connectivity index (χ4v) is 6.25. The summed E-state index contributed by atoms with van der Waals surface area (Å²) in [7, 11) is -2.26. The van der Waals surface area contributed by atoms with Gasteiger partial charge in [-0.05, 0) is 47.2 Å². The molecule has 2 heterocycles. The Morgan fingerprint density at radius 3 is 2.32 bits per heavy atom. The van der Waals surface area contributed by atoms with Crippen molar-refractivity contribution in [2.45, 2.75) is 17.1 Å². The number of fused-ring (bicyclic) bond motifs is 1. The second-order valence-electron chi connectivity index (χ2n) is 7.22. The largest absolute Gasteiger partial charge is 0.465 e. The van der Waals surface area contributed by atoms with Crippen LogP contribution < -0.4 is 4.74 Å². The Hall–Kier alpha value is -2.75. The van der Waals surface area contributed by atoms with E-state index in [9.17, 15) is 18.0 Å². The van der Waals surface area contributed by atoms with E-state index in [0.717, 1.165) is 10.8 Å². The Morgan fingerprint density at radius 1 is 1.03 bits per heavy atom. The lowest BCUT2D eigenvalue weighted by Gasteiger charge is -2.29. The molecule has 0 aliphatic carbocycles. The Bertz CT molecular complexity index is 1210. The number of piperidine rings is 1. The van der Waals surface area contributed by atoms with Crippen molar-refractivity contribution in [3.05, 3.63) is 59.5 Å². The van der Waals surface area contributed by atoms with Gasteiger partial charge in [-0.2, -0.15) is 4.31 Å². The highest BCUT2D eigenvalue weighted by Gasteiger charge is 2.34. The van der Waals surface area contributed by atoms with E-state index in [-0.39, 0.29) is 24.4 Å². The topological polar surface area (TPSA) is 90.0 Å². The molecule has 1 aliphatic heterocycles. The van der Waals surface area contributed by atoms with E-state index in [0.29, 0.717) is 17.1 Å². The summed E-state index contributed by atoms with van der Waals surface area (Å²) in [4.78, 5) is 25.0. The monoisotopic (exact) mass is 459 g/mol. The second-order valence-corrected chi connectivity index (χ2v) is 10.3. The molecule has 0 unspecified atom stereocenters. The molecule has 1 fully saturated rings. The van der Waals surface area contributed by atoms with Gasteiger partial charge in [0, 0.05) is 13.1 Å². The Balaban J connectivity index is 1.49. The van der Waals surface area contributed by atoms with Gasteiger partial charge in [-0.1, -0.05) is 30.3 Å². The van der Waals surface area contributed by atoms with Crippen molar-refractivity contribution in [1.82, 2.24) is 4.31 Å². The van der Waals surface area contributed by atoms with E-state index in [2.05, 4.69) is 0 Å². The highest BCUT2D eigenvalue weighted by atomic mass is 32.2. The highest BCUT2D eigenvalue weighted by Crippen LogP contribution is 2.30. The molecule has 0 spiro atoms. The van der Waals surface area contributed by atoms with Crippen molar-refractivity contribution < 1.29 is 27.5 Å². The van der Waals surface area contributed by atoms with Crippen molar-refractivity contribution in [3.63, 3.8) is 0 Å². The van der Waals surface area contributed by atoms with Gasteiger partial charge >= 0.3 is 11.9 Å². The minimum absolute atomic E-state index is 0.143. The van der Waals surface area contributed by atoms with Gasteiger partial charge in [-0.3, -0.25) is 4.79 Å². The number of benzene rings is 2. The Kier molecular flexibility index (Phi) is 6.08. The number of hydrogen-bond donors (Lipinski definition) is 0. The number of sulfonamides is 1. The van der Waals surface area contributed by atoms with Gasteiger partial charge in [0.15, 0.2) is 0 Å². The van der Waals surface area contributed by atoms with Crippen molar-refractivity contribution in [3.8, 4) is 5.75 Å². The summed E-state index contributed by atoms with van der Waals surface area (Å²) in [6.07, 6.45) is 0.704. The molecule has 1 aromatic heterocycles. The lowest BCUT2D eigenvalue weighted by atomic mass is 9.98. The predicted octanol–water partition coefficient (Wildman–Crippen LogP) is 3.69. The second kappa shape index (κ2) is 8.78. The first-order valence-corrected chi connectivity index (χ1v) is 12.1. The van der Waals surface area contributed by atoms with E-state index in [1.165, 1.54) is 22.8 Å². The third-order valence-corrected chi connectivity index (χ3v) is 8.61. The summed E-state index contributed by atoms with van der Waals surface area (Å²) in [5.74, 6) is -1.38. The fourth-order valence-electron chi connectivity index (χ4n) is 3.63. The average Bonchev–Trinajstić information content (AvgIpc) is 3.34. The minimum atomic E-state index is -3.53. The lowest BCUT2D eigenvalue weighted by Crippen LogP contribution is -2.40. The molecule has 0 saturated carbocycles. The number of esters is 2. The quantitative estimate of drug-likeness (QED) is 0.427. The summed E-state index contributed by atoms with van der Waals surface area (Å²) >= 11 is 1.17. The number of methoxy groups -OCH3 is 1. The van der Waals surface area contributed by atoms with Gasteiger partial charge in [0.1, 0.15) is 15.5 Å². The predicted molar refractivity (Wildman–Crippen MR) is 117 cm³/mol. The van der Waals surface area contributed by atoms with Crippen molar-refractivity contribution in [1.29, 1.82) is 0 Å². The highest BCUT2D eigenvalue weighted by molar-refractivity contribution is 7.91. The summed E-state index contributed by atoms with van der Waals surface area (Å²) in [6.45, 7) is 0.475. The maximum atomic E-state index is 12.8. The van der Waals surface area contributed by atoms with Crippen LogP contribution in [0.3, 0.4) is 0 Å². The molecule has 0 amide bonds. The van der Waals surface area contributed by atoms with Crippen LogP contribution in [0.2, 0.25) is 0 Å². The van der Waals surface area contributed by atoms with Gasteiger partial charge < -0.3 is 9.47 Å². The van der Waals surface area contributed by atoms with Crippen molar-refractivity contribution >= 4 is 44.1 Å². The number of nitrogens with zero attached hydrogens (tertiary/aromatic N) is 1. The van der Waals surface area contributed by atoms with Crippen LogP contribution in [-0.2, 0) is 19.6 Å². The Morgan fingerprint density at radius 2 is 1.71 bits per heavy atom. The zero-order valence-corrected chi connectivity index (χ0v) is 18.4. The molecule has 0 bridgehead atoms. The van der Waals surface area contributed by atoms with Gasteiger partial charge in [0.2, 0.25) is 0 Å². The molecular weight excluding hydrogens is 438 g/mol. The summed E-state index contributed by atoms with van der Waals surface area (Å²) in [5.41, 5.74) is 0.173. The Labute approximate surface area is 184 Å². The first kappa shape index (κ1) is 21.5. The third kappa shape index (κ3) is 4.34. The molecule has 0 radical (unpaired) electrons. The number of ether oxygens (including phenoxy) is 2. The number of carbonyl (C=O) groups is 2. The van der Waals surface area contributed by atoms with Crippen LogP contribution in [0.4, 0.5) is 0 Å². The smallest absolute Gasteiger partial charge is 0.341 e. The van der Waals surface area contributed by atoms with Crippen LogP contribution in [0.25, 0.3) is 10.8 Å². The molecule has 3 aromatic rings. The minimum Gasteiger partial charge on any atom is -0.465 e. The standard InChI is InChI=1S/C22H21NO6S2/c1-28-22(25)18-13-16-5-2-3-6-17(16)14-19(18)29-21(24)15-8-10-23(11-9-15)31(26,27)20-7-4-12-30-20/h2-7,12-15H,8-11H2,1H3. The molecule has 9 heteroatoms. The van der Waals surface area contributed by atoms with E-state index < -0.39 is 27.9 Å². The molecule has 31 heavy (non-hydrogen) atoms. The maximum absolute atomic E-state index is 12.8. The van der Waals surface area contributed by atoms with E-state index >= 15 is 0 Å². The van der Waals surface area contributed by atoms with E-state index in [1.54, 1.807) is 29.6 Å². The zero-order valence-electron chi connectivity index (χ0n) is 16.8. The molecule has 1 saturated heterocycles. The number of carbonyl (C=O) groups excluding carboxylic acids is 2. The first-order chi connectivity index (χ1) is 14.9. The third-order valence-electron chi connectivity index (χ3n) is 5.34. The van der Waals surface area contributed by atoms with Crippen LogP contribution in [0.15, 0.2) is 58.1 Å². The zero-order chi connectivity index (χ0) is 22.0. The summed E-state index contributed by atoms with van der Waals surface area (Å²) < 4.78 is 37.5. The van der Waals surface area contributed by atoms with Crippen molar-refractivity contribution in [2.24, 2.45) is 5.92 Å². The molecule has 0 N–H and O–H groups in total. The SMILES string of the molecule is COC(=O)c1cc2ccccc2cc1OC(=O)C1CCN(S(=O)(=O)c2cccs2)CC1. The fraction of sp³-hybridized carbons (Fsp3) is 0.273. The molecular formula is C22H21NO6S2. The van der Waals surface area contributed by atoms with Gasteiger partial charge in [-0.25, -0.2) is 13.2 Å². The normalized spacial score (nSPS) is 15.6.